The Morgan fingerprint density at radius 3 is 2.39 bits per heavy atom. The largest absolute Gasteiger partial charge is 0.454 e. The minimum atomic E-state index is -5.02. The van der Waals surface area contributed by atoms with Crippen LogP contribution >= 0.6 is 0 Å². The Bertz CT molecular complexity index is 1310. The number of anilines is 1. The van der Waals surface area contributed by atoms with E-state index in [-0.39, 0.29) is 29.6 Å². The van der Waals surface area contributed by atoms with Crippen LogP contribution in [0.4, 0.5) is 19.1 Å². The number of alkyl halides is 3. The molecular formula is C19H15F3N4O4S. The zero-order chi connectivity index (χ0) is 22.6. The number of hydrogen-bond donors (Lipinski definition) is 2. The minimum Gasteiger partial charge on any atom is -0.454 e. The summed E-state index contributed by atoms with van der Waals surface area (Å²) in [5.74, 6) is 0.568. The summed E-state index contributed by atoms with van der Waals surface area (Å²) in [5.41, 5.74) is 4.61. The van der Waals surface area contributed by atoms with Crippen LogP contribution in [0.15, 0.2) is 41.4 Å². The minimum absolute atomic E-state index is 0.0316. The van der Waals surface area contributed by atoms with Crippen molar-refractivity contribution >= 4 is 16.0 Å². The number of aryl methyl sites for hydroxylation is 1. The van der Waals surface area contributed by atoms with Crippen LogP contribution in [0.1, 0.15) is 11.3 Å². The lowest BCUT2D eigenvalue weighted by Gasteiger charge is -2.19. The number of nitrogens with two attached hydrogens (primary N) is 2. The summed E-state index contributed by atoms with van der Waals surface area (Å²) < 4.78 is 76.9. The van der Waals surface area contributed by atoms with Crippen molar-refractivity contribution in [2.45, 2.75) is 18.0 Å². The summed E-state index contributed by atoms with van der Waals surface area (Å²) in [5, 5.41) is 5.18. The Morgan fingerprint density at radius 1 is 1.03 bits per heavy atom. The number of ether oxygens (including phenoxy) is 2. The molecule has 0 aliphatic carbocycles. The average molecular weight is 452 g/mol. The molecule has 0 saturated heterocycles. The number of aromatic nitrogens is 2. The van der Waals surface area contributed by atoms with Crippen molar-refractivity contribution in [2.24, 2.45) is 5.14 Å². The number of benzene rings is 2. The highest BCUT2D eigenvalue weighted by molar-refractivity contribution is 7.89. The maximum Gasteiger partial charge on any atom is 0.418 e. The number of hydrogen-bond acceptors (Lipinski definition) is 7. The lowest BCUT2D eigenvalue weighted by molar-refractivity contribution is -0.139. The molecule has 31 heavy (non-hydrogen) atoms. The van der Waals surface area contributed by atoms with E-state index in [1.54, 1.807) is 6.92 Å². The highest BCUT2D eigenvalue weighted by atomic mass is 32.2. The molecule has 0 saturated carbocycles. The van der Waals surface area contributed by atoms with Crippen molar-refractivity contribution in [3.05, 3.63) is 47.8 Å². The second-order valence-electron chi connectivity index (χ2n) is 6.74. The van der Waals surface area contributed by atoms with Crippen LogP contribution in [0.2, 0.25) is 0 Å². The van der Waals surface area contributed by atoms with Gasteiger partial charge in [-0.3, -0.25) is 0 Å². The second-order valence-corrected chi connectivity index (χ2v) is 8.26. The van der Waals surface area contributed by atoms with E-state index in [2.05, 4.69) is 9.97 Å². The molecule has 0 unspecified atom stereocenters. The predicted molar refractivity (Wildman–Crippen MR) is 105 cm³/mol. The molecule has 1 aliphatic rings. The first kappa shape index (κ1) is 20.9. The highest BCUT2D eigenvalue weighted by Crippen LogP contribution is 2.45. The summed E-state index contributed by atoms with van der Waals surface area (Å²) in [6.45, 7) is 1.50. The molecule has 1 aliphatic heterocycles. The van der Waals surface area contributed by atoms with Crippen molar-refractivity contribution in [2.75, 3.05) is 12.5 Å². The molecule has 0 radical (unpaired) electrons. The number of nitrogen functional groups attached to an aromatic ring is 1. The third-order valence-electron chi connectivity index (χ3n) is 4.68. The molecule has 12 heteroatoms. The molecule has 2 aromatic carbocycles. The molecule has 0 spiro atoms. The fourth-order valence-electron chi connectivity index (χ4n) is 3.35. The van der Waals surface area contributed by atoms with Crippen molar-refractivity contribution < 1.29 is 31.1 Å². The maximum absolute atomic E-state index is 14.0. The Balaban J connectivity index is 2.08. The quantitative estimate of drug-likeness (QED) is 0.624. The first-order valence-electron chi connectivity index (χ1n) is 8.72. The molecule has 2 heterocycles. The van der Waals surface area contributed by atoms with Crippen LogP contribution in [0.5, 0.6) is 11.5 Å². The van der Waals surface area contributed by atoms with Gasteiger partial charge in [0.05, 0.1) is 16.2 Å². The SMILES string of the molecule is Cc1nc(N)ncc1-c1cc(-c2ccc3c(c2)OCO3)c(C(F)(F)F)c(S(N)(=O)=O)c1. The standard InChI is InChI=1S/C19H15F3N4O4S/c1-9-13(7-25-18(23)26-9)11-4-12(10-2-3-14-15(5-10)30-8-29-14)17(19(20,21)22)16(6-11)31(24,27)28/h2-7H,8H2,1H3,(H2,23,25,26)(H2,24,27,28). The zero-order valence-electron chi connectivity index (χ0n) is 15.9. The third-order valence-corrected chi connectivity index (χ3v) is 5.62. The molecule has 0 atom stereocenters. The monoisotopic (exact) mass is 452 g/mol. The van der Waals surface area contributed by atoms with Gasteiger partial charge in [0.25, 0.3) is 0 Å². The van der Waals surface area contributed by atoms with Gasteiger partial charge >= 0.3 is 6.18 Å². The first-order valence-corrected chi connectivity index (χ1v) is 10.3. The summed E-state index contributed by atoms with van der Waals surface area (Å²) in [4.78, 5) is 6.78. The summed E-state index contributed by atoms with van der Waals surface area (Å²) in [6, 6.07) is 6.23. The van der Waals surface area contributed by atoms with Crippen LogP contribution < -0.4 is 20.3 Å². The van der Waals surface area contributed by atoms with Gasteiger partial charge in [0, 0.05) is 11.8 Å². The Morgan fingerprint density at radius 2 is 1.74 bits per heavy atom. The van der Waals surface area contributed by atoms with Gasteiger partial charge in [-0.15, -0.1) is 0 Å². The number of nitrogens with zero attached hydrogens (tertiary/aromatic N) is 2. The number of sulfonamides is 1. The van der Waals surface area contributed by atoms with E-state index < -0.39 is 32.2 Å². The van der Waals surface area contributed by atoms with Crippen molar-refractivity contribution in [3.8, 4) is 33.8 Å². The first-order chi connectivity index (χ1) is 14.4. The topological polar surface area (TPSA) is 130 Å². The van der Waals surface area contributed by atoms with Crippen LogP contribution in [-0.4, -0.2) is 25.2 Å². The Kier molecular flexibility index (Phi) is 4.78. The maximum atomic E-state index is 14.0. The van der Waals surface area contributed by atoms with E-state index >= 15 is 0 Å². The number of halogens is 3. The fraction of sp³-hybridized carbons (Fsp3) is 0.158. The summed E-state index contributed by atoms with van der Waals surface area (Å²) >= 11 is 0. The fourth-order valence-corrected chi connectivity index (χ4v) is 4.15. The highest BCUT2D eigenvalue weighted by Gasteiger charge is 2.40. The van der Waals surface area contributed by atoms with E-state index in [0.717, 1.165) is 6.07 Å². The van der Waals surface area contributed by atoms with Gasteiger partial charge in [-0.1, -0.05) is 6.07 Å². The molecule has 162 valence electrons. The third kappa shape index (κ3) is 3.86. The molecule has 8 nitrogen and oxygen atoms in total. The van der Waals surface area contributed by atoms with Crippen LogP contribution in [-0.2, 0) is 16.2 Å². The Hall–Kier alpha value is -3.38. The lowest BCUT2D eigenvalue weighted by Crippen LogP contribution is -2.20. The van der Waals surface area contributed by atoms with Gasteiger partial charge < -0.3 is 15.2 Å². The number of fused-ring (bicyclic) bond motifs is 1. The smallest absolute Gasteiger partial charge is 0.418 e. The van der Waals surface area contributed by atoms with Crippen molar-refractivity contribution in [3.63, 3.8) is 0 Å². The summed E-state index contributed by atoms with van der Waals surface area (Å²) in [6.07, 6.45) is -3.71. The lowest BCUT2D eigenvalue weighted by atomic mass is 9.94. The molecule has 0 fully saturated rings. The summed E-state index contributed by atoms with van der Waals surface area (Å²) in [7, 11) is -4.75. The van der Waals surface area contributed by atoms with Crippen LogP contribution in [0.3, 0.4) is 0 Å². The molecule has 0 bridgehead atoms. The van der Waals surface area contributed by atoms with Gasteiger partial charge in [-0.2, -0.15) is 13.2 Å². The Labute approximate surface area is 174 Å². The predicted octanol–water partition coefficient (Wildman–Crippen LogP) is 3.10. The molecular weight excluding hydrogens is 437 g/mol. The van der Waals surface area contributed by atoms with E-state index in [4.69, 9.17) is 20.3 Å². The van der Waals surface area contributed by atoms with Gasteiger partial charge in [-0.25, -0.2) is 23.5 Å². The average Bonchev–Trinajstić information content (AvgIpc) is 3.13. The van der Waals surface area contributed by atoms with Crippen LogP contribution in [0, 0.1) is 6.92 Å². The van der Waals surface area contributed by atoms with Gasteiger partial charge in [0.2, 0.25) is 22.8 Å². The normalized spacial score (nSPS) is 13.5. The molecule has 1 aromatic heterocycles. The van der Waals surface area contributed by atoms with Gasteiger partial charge in [0.1, 0.15) is 0 Å². The van der Waals surface area contributed by atoms with Crippen molar-refractivity contribution in [1.29, 1.82) is 0 Å². The zero-order valence-corrected chi connectivity index (χ0v) is 16.7. The molecule has 4 rings (SSSR count). The van der Waals surface area contributed by atoms with Crippen LogP contribution in [0.25, 0.3) is 22.3 Å². The van der Waals surface area contributed by atoms with E-state index in [0.29, 0.717) is 17.0 Å². The van der Waals surface area contributed by atoms with E-state index in [1.165, 1.54) is 30.5 Å². The molecule has 3 aromatic rings. The number of rotatable bonds is 3. The van der Waals surface area contributed by atoms with Crippen molar-refractivity contribution in [1.82, 2.24) is 9.97 Å². The van der Waals surface area contributed by atoms with Gasteiger partial charge in [0.15, 0.2) is 11.5 Å². The van der Waals surface area contributed by atoms with E-state index in [1.807, 2.05) is 0 Å². The van der Waals surface area contributed by atoms with E-state index in [9.17, 15) is 21.6 Å². The molecule has 4 N–H and O–H groups in total. The second kappa shape index (κ2) is 7.10. The van der Waals surface area contributed by atoms with Gasteiger partial charge in [-0.05, 0) is 47.9 Å². The molecule has 0 amide bonds. The number of primary sulfonamides is 1.